The van der Waals surface area contributed by atoms with Gasteiger partial charge < -0.3 is 10.6 Å². The van der Waals surface area contributed by atoms with Gasteiger partial charge >= 0.3 is 0 Å². The lowest BCUT2D eigenvalue weighted by Crippen LogP contribution is -2.37. The van der Waals surface area contributed by atoms with Crippen LogP contribution in [0.25, 0.3) is 0 Å². The highest BCUT2D eigenvalue weighted by Gasteiger charge is 2.18. The van der Waals surface area contributed by atoms with Crippen LogP contribution in [0, 0.1) is 0 Å². The third kappa shape index (κ3) is 4.75. The Bertz CT molecular complexity index is 412. The first-order chi connectivity index (χ1) is 8.95. The SMILES string of the molecule is CCCCCN(C(=O)c1cc(N)cc(Cl)c1)C(C)C. The van der Waals surface area contributed by atoms with Gasteiger partial charge in [0.25, 0.3) is 5.91 Å². The second kappa shape index (κ2) is 7.39. The number of hydrogen-bond acceptors (Lipinski definition) is 2. The van der Waals surface area contributed by atoms with Crippen molar-refractivity contribution in [2.75, 3.05) is 12.3 Å². The zero-order valence-corrected chi connectivity index (χ0v) is 12.7. The van der Waals surface area contributed by atoms with Crippen molar-refractivity contribution in [3.8, 4) is 0 Å². The number of amides is 1. The normalized spacial score (nSPS) is 10.8. The summed E-state index contributed by atoms with van der Waals surface area (Å²) in [6.45, 7) is 6.98. The van der Waals surface area contributed by atoms with E-state index in [0.717, 1.165) is 25.8 Å². The fourth-order valence-corrected chi connectivity index (χ4v) is 2.27. The number of unbranched alkanes of at least 4 members (excludes halogenated alkanes) is 2. The predicted molar refractivity (Wildman–Crippen MR) is 81.6 cm³/mol. The molecule has 0 bridgehead atoms. The third-order valence-corrected chi connectivity index (χ3v) is 3.27. The van der Waals surface area contributed by atoms with E-state index < -0.39 is 0 Å². The molecule has 1 amide bonds. The van der Waals surface area contributed by atoms with E-state index in [1.54, 1.807) is 18.2 Å². The van der Waals surface area contributed by atoms with E-state index in [0.29, 0.717) is 16.3 Å². The van der Waals surface area contributed by atoms with Gasteiger partial charge in [0.15, 0.2) is 0 Å². The van der Waals surface area contributed by atoms with Crippen LogP contribution in [0.2, 0.25) is 5.02 Å². The molecule has 0 spiro atoms. The minimum Gasteiger partial charge on any atom is -0.399 e. The van der Waals surface area contributed by atoms with Crippen molar-refractivity contribution in [2.45, 2.75) is 46.1 Å². The number of benzene rings is 1. The molecule has 0 aliphatic heterocycles. The highest BCUT2D eigenvalue weighted by atomic mass is 35.5. The summed E-state index contributed by atoms with van der Waals surface area (Å²) in [6, 6.07) is 5.18. The van der Waals surface area contributed by atoms with E-state index in [1.165, 1.54) is 0 Å². The summed E-state index contributed by atoms with van der Waals surface area (Å²) in [6.07, 6.45) is 3.30. The van der Waals surface area contributed by atoms with E-state index in [-0.39, 0.29) is 11.9 Å². The van der Waals surface area contributed by atoms with Crippen LogP contribution in [0.1, 0.15) is 50.4 Å². The van der Waals surface area contributed by atoms with Gasteiger partial charge in [-0.1, -0.05) is 31.4 Å². The van der Waals surface area contributed by atoms with Gasteiger partial charge in [0.05, 0.1) is 0 Å². The molecule has 1 rings (SSSR count). The maximum Gasteiger partial charge on any atom is 0.254 e. The molecule has 0 unspecified atom stereocenters. The van der Waals surface area contributed by atoms with Crippen LogP contribution in [-0.4, -0.2) is 23.4 Å². The number of nitrogen functional groups attached to an aromatic ring is 1. The second-order valence-electron chi connectivity index (χ2n) is 5.07. The molecule has 0 aliphatic carbocycles. The second-order valence-corrected chi connectivity index (χ2v) is 5.51. The lowest BCUT2D eigenvalue weighted by atomic mass is 10.1. The summed E-state index contributed by atoms with van der Waals surface area (Å²) in [5, 5.41) is 0.501. The average Bonchev–Trinajstić information content (AvgIpc) is 2.32. The Kier molecular flexibility index (Phi) is 6.16. The highest BCUT2D eigenvalue weighted by Crippen LogP contribution is 2.19. The number of hydrogen-bond donors (Lipinski definition) is 1. The molecular weight excluding hydrogens is 260 g/mol. The van der Waals surface area contributed by atoms with E-state index in [2.05, 4.69) is 6.92 Å². The molecule has 0 aliphatic rings. The van der Waals surface area contributed by atoms with Crippen LogP contribution in [0.15, 0.2) is 18.2 Å². The molecule has 1 aromatic rings. The molecule has 2 N–H and O–H groups in total. The Morgan fingerprint density at radius 2 is 2.00 bits per heavy atom. The van der Waals surface area contributed by atoms with Crippen molar-refractivity contribution in [1.82, 2.24) is 4.90 Å². The van der Waals surface area contributed by atoms with E-state index in [9.17, 15) is 4.79 Å². The van der Waals surface area contributed by atoms with Crippen molar-refractivity contribution in [3.63, 3.8) is 0 Å². The Labute approximate surface area is 120 Å². The van der Waals surface area contributed by atoms with Gasteiger partial charge in [-0.15, -0.1) is 0 Å². The molecule has 0 atom stereocenters. The fraction of sp³-hybridized carbons (Fsp3) is 0.533. The first kappa shape index (κ1) is 15.8. The molecule has 0 radical (unpaired) electrons. The summed E-state index contributed by atoms with van der Waals surface area (Å²) < 4.78 is 0. The summed E-state index contributed by atoms with van der Waals surface area (Å²) >= 11 is 5.95. The number of carbonyl (C=O) groups excluding carboxylic acids is 1. The highest BCUT2D eigenvalue weighted by molar-refractivity contribution is 6.31. The van der Waals surface area contributed by atoms with Crippen molar-refractivity contribution in [1.29, 1.82) is 0 Å². The summed E-state index contributed by atoms with van der Waals surface area (Å²) in [5.74, 6) is 0.000281. The van der Waals surface area contributed by atoms with Gasteiger partial charge in [0.1, 0.15) is 0 Å². The predicted octanol–water partition coefficient (Wildman–Crippen LogP) is 3.96. The lowest BCUT2D eigenvalue weighted by Gasteiger charge is -2.27. The number of halogens is 1. The van der Waals surface area contributed by atoms with Crippen LogP contribution in [0.4, 0.5) is 5.69 Å². The van der Waals surface area contributed by atoms with Crippen molar-refractivity contribution >= 4 is 23.2 Å². The largest absolute Gasteiger partial charge is 0.399 e. The van der Waals surface area contributed by atoms with Crippen molar-refractivity contribution in [2.24, 2.45) is 0 Å². The number of nitrogens with zero attached hydrogens (tertiary/aromatic N) is 1. The molecular formula is C15H23ClN2O. The number of rotatable bonds is 6. The quantitative estimate of drug-likeness (QED) is 0.634. The number of nitrogens with two attached hydrogens (primary N) is 1. The van der Waals surface area contributed by atoms with Crippen LogP contribution in [0.5, 0.6) is 0 Å². The summed E-state index contributed by atoms with van der Waals surface area (Å²) in [7, 11) is 0. The van der Waals surface area contributed by atoms with Crippen LogP contribution < -0.4 is 5.73 Å². The zero-order chi connectivity index (χ0) is 14.4. The van der Waals surface area contributed by atoms with E-state index >= 15 is 0 Å². The molecule has 106 valence electrons. The first-order valence-electron chi connectivity index (χ1n) is 6.82. The van der Waals surface area contributed by atoms with Crippen LogP contribution in [0.3, 0.4) is 0 Å². The fourth-order valence-electron chi connectivity index (χ4n) is 2.03. The molecule has 1 aromatic carbocycles. The van der Waals surface area contributed by atoms with Gasteiger partial charge in [-0.25, -0.2) is 0 Å². The molecule has 0 saturated heterocycles. The van der Waals surface area contributed by atoms with Gasteiger partial charge in [0.2, 0.25) is 0 Å². The number of anilines is 1. The van der Waals surface area contributed by atoms with Gasteiger partial charge in [-0.3, -0.25) is 4.79 Å². The topological polar surface area (TPSA) is 46.3 Å². The molecule has 0 heterocycles. The summed E-state index contributed by atoms with van der Waals surface area (Å²) in [4.78, 5) is 14.4. The monoisotopic (exact) mass is 282 g/mol. The molecule has 19 heavy (non-hydrogen) atoms. The minimum absolute atomic E-state index is 0.000281. The smallest absolute Gasteiger partial charge is 0.254 e. The van der Waals surface area contributed by atoms with Gasteiger partial charge in [-0.05, 0) is 38.5 Å². The minimum atomic E-state index is 0.000281. The molecule has 0 aromatic heterocycles. The first-order valence-corrected chi connectivity index (χ1v) is 7.20. The maximum absolute atomic E-state index is 12.5. The molecule has 4 heteroatoms. The van der Waals surface area contributed by atoms with Crippen LogP contribution >= 0.6 is 11.6 Å². The van der Waals surface area contributed by atoms with E-state index in [4.69, 9.17) is 17.3 Å². The van der Waals surface area contributed by atoms with Crippen molar-refractivity contribution in [3.05, 3.63) is 28.8 Å². The van der Waals surface area contributed by atoms with Crippen LogP contribution in [-0.2, 0) is 0 Å². The lowest BCUT2D eigenvalue weighted by molar-refractivity contribution is 0.0702. The average molecular weight is 283 g/mol. The zero-order valence-electron chi connectivity index (χ0n) is 11.9. The molecule has 0 fully saturated rings. The van der Waals surface area contributed by atoms with Crippen molar-refractivity contribution < 1.29 is 4.79 Å². The Morgan fingerprint density at radius 1 is 1.32 bits per heavy atom. The summed E-state index contributed by atoms with van der Waals surface area (Å²) in [5.41, 5.74) is 6.83. The standard InChI is InChI=1S/C15H23ClN2O/c1-4-5-6-7-18(11(2)3)15(19)12-8-13(16)10-14(17)9-12/h8-11H,4-7,17H2,1-3H3. The Balaban J connectivity index is 2.86. The Morgan fingerprint density at radius 3 is 2.53 bits per heavy atom. The molecule has 3 nitrogen and oxygen atoms in total. The van der Waals surface area contributed by atoms with E-state index in [1.807, 2.05) is 18.7 Å². The number of carbonyl (C=O) groups is 1. The Hall–Kier alpha value is -1.22. The third-order valence-electron chi connectivity index (χ3n) is 3.05. The van der Waals surface area contributed by atoms with Gasteiger partial charge in [-0.2, -0.15) is 0 Å². The van der Waals surface area contributed by atoms with Gasteiger partial charge in [0, 0.05) is 28.9 Å². The maximum atomic E-state index is 12.5. The molecule has 0 saturated carbocycles.